The predicted molar refractivity (Wildman–Crippen MR) is 296 cm³/mol. The fraction of sp³-hybridized carbons (Fsp3) is 0.552. The Morgan fingerprint density at radius 1 is 0.844 bits per heavy atom. The zero-order valence-electron chi connectivity index (χ0n) is 46.1. The number of carbonyl (C=O) groups excluding carboxylic acids is 4. The van der Waals surface area contributed by atoms with Gasteiger partial charge in [0, 0.05) is 88.4 Å². The second-order valence-corrected chi connectivity index (χ2v) is 24.4. The Kier molecular flexibility index (Phi) is 17.4. The van der Waals surface area contributed by atoms with Crippen LogP contribution in [0.4, 0.5) is 5.82 Å². The molecule has 2 aromatic carbocycles. The molecule has 410 valence electrons. The van der Waals surface area contributed by atoms with Crippen molar-refractivity contribution in [3.05, 3.63) is 94.3 Å². The van der Waals surface area contributed by atoms with E-state index in [9.17, 15) is 34.8 Å². The number of ether oxygens (including phenoxy) is 1. The monoisotopic (exact) mass is 1070 g/mol. The van der Waals surface area contributed by atoms with Crippen LogP contribution in [0.15, 0.2) is 66.3 Å². The molecule has 0 spiro atoms. The largest absolute Gasteiger partial charge is 0.489 e. The summed E-state index contributed by atoms with van der Waals surface area (Å²) >= 11 is 1.58. The molecule has 3 saturated heterocycles. The first-order valence-electron chi connectivity index (χ1n) is 27.0. The van der Waals surface area contributed by atoms with E-state index in [2.05, 4.69) is 74.3 Å². The van der Waals surface area contributed by atoms with Gasteiger partial charge in [-0.15, -0.1) is 11.3 Å². The summed E-state index contributed by atoms with van der Waals surface area (Å²) in [6, 6.07) is 18.5. The van der Waals surface area contributed by atoms with Crippen molar-refractivity contribution in [2.75, 3.05) is 83.4 Å². The van der Waals surface area contributed by atoms with Crippen molar-refractivity contribution in [1.29, 1.82) is 10.5 Å². The number of aliphatic hydroxyl groups is 1. The van der Waals surface area contributed by atoms with Gasteiger partial charge in [-0.3, -0.25) is 29.0 Å². The first-order chi connectivity index (χ1) is 36.6. The van der Waals surface area contributed by atoms with Crippen LogP contribution in [-0.2, 0) is 14.4 Å². The molecule has 1 aliphatic carbocycles. The number of aliphatic hydroxyl groups excluding tert-OH is 1. The number of anilines is 1. The molecule has 4 amide bonds. The standard InChI is InChI=1S/C58H76N12O6S/c1-37(39-11-13-40(14-12-39)49-38(2)62-36-77-49)63-52(74)46-30-44(71)34-70(46)53(75)50(56(3,4)5)64-48(72)35-68-23-21-66(22-24-68)19-10-20-67-25-27-69(28-26-67)47-18-16-42(33-61-47)51(73)65-54-57(6,7)55(58(54,8)9)76-45-17-15-41(31-59)43(29-45)32-60/h11-18,29,33,36-37,44,46,50,54-55,71H,10,19-28,30,34-35H2,1-9H3,(H,63,74)(H,64,72)(H,65,73)/t37-,44+,46-,50+,54-,55-/m0/s1. The quantitative estimate of drug-likeness (QED) is 0.104. The number of amides is 4. The van der Waals surface area contributed by atoms with Gasteiger partial charge in [0.2, 0.25) is 17.7 Å². The third-order valence-electron chi connectivity index (χ3n) is 16.1. The second-order valence-electron chi connectivity index (χ2n) is 23.6. The molecule has 5 heterocycles. The number of nitrogens with zero attached hydrogens (tertiary/aromatic N) is 9. The van der Waals surface area contributed by atoms with Crippen molar-refractivity contribution in [3.8, 4) is 28.3 Å². The van der Waals surface area contributed by atoms with E-state index in [1.165, 1.54) is 4.90 Å². The number of aryl methyl sites for hydroxylation is 1. The van der Waals surface area contributed by atoms with Crippen LogP contribution in [0.1, 0.15) is 107 Å². The Hall–Kier alpha value is -6.48. The number of nitrogens with one attached hydrogen (secondary N) is 3. The summed E-state index contributed by atoms with van der Waals surface area (Å²) in [5, 5.41) is 38.9. The summed E-state index contributed by atoms with van der Waals surface area (Å²) in [6.07, 6.45) is 1.69. The maximum absolute atomic E-state index is 14.3. The second kappa shape index (κ2) is 23.6. The van der Waals surface area contributed by atoms with E-state index in [-0.39, 0.29) is 66.9 Å². The van der Waals surface area contributed by atoms with Gasteiger partial charge in [0.15, 0.2) is 0 Å². The molecule has 8 rings (SSSR count). The molecular weight excluding hydrogens is 993 g/mol. The fourth-order valence-electron chi connectivity index (χ4n) is 12.0. The van der Waals surface area contributed by atoms with Crippen molar-refractivity contribution < 1.29 is 29.0 Å². The van der Waals surface area contributed by atoms with Gasteiger partial charge in [-0.05, 0) is 80.2 Å². The molecule has 77 heavy (non-hydrogen) atoms. The fourth-order valence-corrected chi connectivity index (χ4v) is 12.8. The smallest absolute Gasteiger partial charge is 0.253 e. The van der Waals surface area contributed by atoms with Gasteiger partial charge in [-0.2, -0.15) is 10.5 Å². The maximum atomic E-state index is 14.3. The Morgan fingerprint density at radius 3 is 2.06 bits per heavy atom. The molecule has 4 N–H and O–H groups in total. The van der Waals surface area contributed by atoms with Crippen molar-refractivity contribution in [3.63, 3.8) is 0 Å². The number of hydrogen-bond acceptors (Lipinski definition) is 15. The summed E-state index contributed by atoms with van der Waals surface area (Å²) in [5.74, 6) is 0.205. The molecule has 3 aliphatic heterocycles. The minimum Gasteiger partial charge on any atom is -0.489 e. The lowest BCUT2D eigenvalue weighted by Gasteiger charge is -2.63. The van der Waals surface area contributed by atoms with Crippen molar-refractivity contribution in [1.82, 2.24) is 45.5 Å². The Morgan fingerprint density at radius 2 is 1.48 bits per heavy atom. The molecule has 4 aliphatic rings. The highest BCUT2D eigenvalue weighted by atomic mass is 32.1. The third-order valence-corrected chi connectivity index (χ3v) is 17.1. The van der Waals surface area contributed by atoms with E-state index in [1.807, 2.05) is 82.6 Å². The number of aromatic nitrogens is 2. The van der Waals surface area contributed by atoms with E-state index in [1.54, 1.807) is 35.7 Å². The summed E-state index contributed by atoms with van der Waals surface area (Å²) in [6.45, 7) is 26.6. The van der Waals surface area contributed by atoms with Crippen LogP contribution in [0.3, 0.4) is 0 Å². The number of thiazole rings is 1. The molecule has 19 heteroatoms. The minimum atomic E-state index is -0.894. The van der Waals surface area contributed by atoms with Crippen molar-refractivity contribution >= 4 is 40.8 Å². The van der Waals surface area contributed by atoms with Gasteiger partial charge in [0.1, 0.15) is 41.9 Å². The number of β-amino-alcohol motifs (C(OH)–C–C–N with tert-alkyl or cyclic N) is 1. The van der Waals surface area contributed by atoms with Gasteiger partial charge >= 0.3 is 0 Å². The maximum Gasteiger partial charge on any atom is 0.253 e. The molecule has 4 fully saturated rings. The number of likely N-dealkylation sites (tertiary alicyclic amines) is 1. The van der Waals surface area contributed by atoms with E-state index in [0.29, 0.717) is 16.9 Å². The summed E-state index contributed by atoms with van der Waals surface area (Å²) in [7, 11) is 0. The Bertz CT molecular complexity index is 2820. The SMILES string of the molecule is Cc1ncsc1-c1ccc([C@H](C)NC(=O)[C@@H]2C[C@@H](O)CN2C(=O)[C@@H](NC(=O)CN2CCN(CCCN3CCN(c4ccc(C(=O)N[C@H]5C(C)(C)[C@H](Oc6ccc(C#N)c(C#N)c6)C5(C)C)cn4)CC3)CC2)C(C)(C)C)cc1. The highest BCUT2D eigenvalue weighted by Gasteiger charge is 2.64. The van der Waals surface area contributed by atoms with Crippen molar-refractivity contribution in [2.24, 2.45) is 16.2 Å². The third kappa shape index (κ3) is 12.9. The lowest BCUT2D eigenvalue weighted by molar-refractivity contribution is -0.164. The van der Waals surface area contributed by atoms with Crippen LogP contribution >= 0.6 is 11.3 Å². The lowest BCUT2D eigenvalue weighted by Crippen LogP contribution is -2.74. The summed E-state index contributed by atoms with van der Waals surface area (Å²) in [4.78, 5) is 76.1. The van der Waals surface area contributed by atoms with Gasteiger partial charge in [-0.1, -0.05) is 72.7 Å². The van der Waals surface area contributed by atoms with Crippen molar-refractivity contribution in [2.45, 2.75) is 112 Å². The Labute approximate surface area is 457 Å². The number of piperazine rings is 2. The average molecular weight is 1070 g/mol. The molecule has 2 aromatic heterocycles. The van der Waals surface area contributed by atoms with Crippen LogP contribution in [0.2, 0.25) is 0 Å². The van der Waals surface area contributed by atoms with Crippen LogP contribution in [0.5, 0.6) is 5.75 Å². The zero-order chi connectivity index (χ0) is 55.4. The van der Waals surface area contributed by atoms with Crippen LogP contribution < -0.4 is 25.6 Å². The van der Waals surface area contributed by atoms with E-state index < -0.39 is 34.4 Å². The molecule has 0 bridgehead atoms. The minimum absolute atomic E-state index is 0.0146. The molecule has 18 nitrogen and oxygen atoms in total. The molecule has 4 atom stereocenters. The normalized spacial score (nSPS) is 22.4. The number of hydrogen-bond donors (Lipinski definition) is 4. The zero-order valence-corrected chi connectivity index (χ0v) is 47.0. The summed E-state index contributed by atoms with van der Waals surface area (Å²) < 4.78 is 6.39. The first kappa shape index (κ1) is 56.7. The number of carbonyl (C=O) groups is 4. The van der Waals surface area contributed by atoms with E-state index in [4.69, 9.17) is 9.72 Å². The van der Waals surface area contributed by atoms with Gasteiger partial charge < -0.3 is 40.5 Å². The first-order valence-corrected chi connectivity index (χ1v) is 27.8. The number of rotatable bonds is 17. The van der Waals surface area contributed by atoms with Gasteiger partial charge in [0.05, 0.1) is 51.5 Å². The van der Waals surface area contributed by atoms with Crippen LogP contribution in [-0.4, -0.2) is 167 Å². The van der Waals surface area contributed by atoms with E-state index >= 15 is 0 Å². The number of pyridine rings is 1. The Balaban J connectivity index is 0.729. The molecule has 4 aromatic rings. The molecular formula is C58H76N12O6S. The molecule has 0 radical (unpaired) electrons. The molecule has 0 unspecified atom stereocenters. The summed E-state index contributed by atoms with van der Waals surface area (Å²) in [5.41, 5.74) is 4.34. The predicted octanol–water partition coefficient (Wildman–Crippen LogP) is 5.37. The topological polar surface area (TPSA) is 223 Å². The average Bonchev–Trinajstić information content (AvgIpc) is 4.20. The van der Waals surface area contributed by atoms with Crippen LogP contribution in [0, 0.1) is 45.8 Å². The highest BCUT2D eigenvalue weighted by Crippen LogP contribution is 2.55. The van der Waals surface area contributed by atoms with Crippen LogP contribution in [0.25, 0.3) is 10.4 Å². The number of benzene rings is 2. The van der Waals surface area contributed by atoms with Gasteiger partial charge in [0.25, 0.3) is 5.91 Å². The highest BCUT2D eigenvalue weighted by molar-refractivity contribution is 7.13. The lowest BCUT2D eigenvalue weighted by atomic mass is 9.49. The van der Waals surface area contributed by atoms with E-state index in [0.717, 1.165) is 99.4 Å². The number of nitriles is 2. The molecule has 1 saturated carbocycles. The van der Waals surface area contributed by atoms with Gasteiger partial charge in [-0.25, -0.2) is 9.97 Å².